The van der Waals surface area contributed by atoms with Crippen molar-refractivity contribution in [3.8, 4) is 0 Å². The largest absolute Gasteiger partial charge is 0.480 e. The summed E-state index contributed by atoms with van der Waals surface area (Å²) in [7, 11) is 1.30. The quantitative estimate of drug-likeness (QED) is 0.725. The summed E-state index contributed by atoms with van der Waals surface area (Å²) in [6.45, 7) is 3.75. The van der Waals surface area contributed by atoms with Crippen LogP contribution < -0.4 is 5.32 Å². The fourth-order valence-corrected chi connectivity index (χ4v) is 2.33. The third-order valence-electron chi connectivity index (χ3n) is 3.58. The van der Waals surface area contributed by atoms with Gasteiger partial charge >= 0.3 is 11.9 Å². The van der Waals surface area contributed by atoms with Crippen LogP contribution in [0.15, 0.2) is 0 Å². The lowest BCUT2D eigenvalue weighted by molar-refractivity contribution is -0.150. The molecular formula is C12H21NO4. The first-order valence-electron chi connectivity index (χ1n) is 6.00. The molecule has 1 aliphatic rings. The van der Waals surface area contributed by atoms with Crippen molar-refractivity contribution in [2.75, 3.05) is 7.11 Å². The molecule has 0 saturated heterocycles. The maximum atomic E-state index is 11.4. The number of carboxylic acids is 1. The molecule has 1 unspecified atom stereocenters. The van der Waals surface area contributed by atoms with Crippen molar-refractivity contribution < 1.29 is 19.4 Å². The summed E-state index contributed by atoms with van der Waals surface area (Å²) < 4.78 is 4.61. The van der Waals surface area contributed by atoms with E-state index >= 15 is 0 Å². The molecule has 0 aromatic carbocycles. The molecule has 98 valence electrons. The number of carbonyl (C=O) groups is 2. The third-order valence-corrected chi connectivity index (χ3v) is 3.58. The second-order valence-corrected chi connectivity index (χ2v) is 4.96. The van der Waals surface area contributed by atoms with E-state index in [0.717, 1.165) is 12.8 Å². The Kier molecular flexibility index (Phi) is 4.51. The molecule has 2 N–H and O–H groups in total. The van der Waals surface area contributed by atoms with Crippen molar-refractivity contribution >= 4 is 11.9 Å². The molecule has 0 heterocycles. The van der Waals surface area contributed by atoms with E-state index in [1.54, 1.807) is 6.92 Å². The third kappa shape index (κ3) is 3.19. The molecular weight excluding hydrogens is 222 g/mol. The highest BCUT2D eigenvalue weighted by Gasteiger charge is 2.42. The summed E-state index contributed by atoms with van der Waals surface area (Å²) in [5.74, 6) is -0.748. The standard InChI is InChI=1S/C12H21NO4/c1-8-4-6-12(7-5-8,11(15)16)13-9(2)10(14)17-3/h8-9,13H,4-7H2,1-3H3,(H,15,16). The van der Waals surface area contributed by atoms with Crippen LogP contribution in [0.4, 0.5) is 0 Å². The van der Waals surface area contributed by atoms with E-state index in [2.05, 4.69) is 17.0 Å². The number of hydrogen-bond donors (Lipinski definition) is 2. The lowest BCUT2D eigenvalue weighted by Gasteiger charge is -2.38. The van der Waals surface area contributed by atoms with Crippen LogP contribution in [0.25, 0.3) is 0 Å². The maximum absolute atomic E-state index is 11.4. The maximum Gasteiger partial charge on any atom is 0.323 e. The molecule has 1 saturated carbocycles. The monoisotopic (exact) mass is 243 g/mol. The molecule has 1 aliphatic carbocycles. The van der Waals surface area contributed by atoms with Crippen LogP contribution in [-0.4, -0.2) is 35.7 Å². The number of esters is 1. The zero-order valence-corrected chi connectivity index (χ0v) is 10.7. The van der Waals surface area contributed by atoms with Crippen molar-refractivity contribution in [3.05, 3.63) is 0 Å². The Balaban J connectivity index is 2.73. The van der Waals surface area contributed by atoms with Gasteiger partial charge in [-0.1, -0.05) is 6.92 Å². The summed E-state index contributed by atoms with van der Waals surface area (Å²) in [6, 6.07) is -0.593. The van der Waals surface area contributed by atoms with Crippen LogP contribution in [0.2, 0.25) is 0 Å². The predicted octanol–water partition coefficient (Wildman–Crippen LogP) is 1.17. The Morgan fingerprint density at radius 2 is 1.94 bits per heavy atom. The minimum atomic E-state index is -0.972. The smallest absolute Gasteiger partial charge is 0.323 e. The molecule has 5 nitrogen and oxygen atoms in total. The molecule has 0 amide bonds. The van der Waals surface area contributed by atoms with Crippen LogP contribution in [0, 0.1) is 5.92 Å². The number of ether oxygens (including phenoxy) is 1. The van der Waals surface area contributed by atoms with Crippen molar-refractivity contribution in [1.82, 2.24) is 5.32 Å². The van der Waals surface area contributed by atoms with Crippen molar-refractivity contribution in [2.45, 2.75) is 51.1 Å². The molecule has 0 aromatic heterocycles. The summed E-state index contributed by atoms with van der Waals surface area (Å²) in [5.41, 5.74) is -0.972. The molecule has 1 fully saturated rings. The van der Waals surface area contributed by atoms with Gasteiger partial charge in [-0.05, 0) is 38.5 Å². The van der Waals surface area contributed by atoms with Gasteiger partial charge in [0.05, 0.1) is 7.11 Å². The highest BCUT2D eigenvalue weighted by molar-refractivity contribution is 5.81. The topological polar surface area (TPSA) is 75.6 Å². The highest BCUT2D eigenvalue weighted by Crippen LogP contribution is 2.32. The van der Waals surface area contributed by atoms with Gasteiger partial charge in [-0.3, -0.25) is 14.9 Å². The van der Waals surface area contributed by atoms with Crippen LogP contribution in [0.3, 0.4) is 0 Å². The SMILES string of the molecule is COC(=O)C(C)NC1(C(=O)O)CCC(C)CC1. The van der Waals surface area contributed by atoms with Crippen molar-refractivity contribution in [3.63, 3.8) is 0 Å². The van der Waals surface area contributed by atoms with E-state index in [0.29, 0.717) is 18.8 Å². The summed E-state index contributed by atoms with van der Waals surface area (Å²) in [5, 5.41) is 12.3. The number of methoxy groups -OCH3 is 1. The van der Waals surface area contributed by atoms with Gasteiger partial charge < -0.3 is 9.84 Å². The Hall–Kier alpha value is -1.10. The van der Waals surface area contributed by atoms with Crippen molar-refractivity contribution in [2.24, 2.45) is 5.92 Å². The number of hydrogen-bond acceptors (Lipinski definition) is 4. The first-order valence-corrected chi connectivity index (χ1v) is 6.00. The zero-order valence-electron chi connectivity index (χ0n) is 10.7. The van der Waals surface area contributed by atoms with Gasteiger partial charge in [0.15, 0.2) is 0 Å². The molecule has 1 atom stereocenters. The number of rotatable bonds is 4. The minimum absolute atomic E-state index is 0.427. The lowest BCUT2D eigenvalue weighted by Crippen LogP contribution is -2.58. The van der Waals surface area contributed by atoms with Crippen LogP contribution >= 0.6 is 0 Å². The average Bonchev–Trinajstić information content (AvgIpc) is 2.30. The lowest BCUT2D eigenvalue weighted by atomic mass is 9.76. The Morgan fingerprint density at radius 3 is 2.35 bits per heavy atom. The Bertz CT molecular complexity index is 295. The molecule has 0 bridgehead atoms. The summed E-state index contributed by atoms with van der Waals surface area (Å²) in [6.07, 6.45) is 2.86. The summed E-state index contributed by atoms with van der Waals surface area (Å²) in [4.78, 5) is 22.8. The fraction of sp³-hybridized carbons (Fsp3) is 0.833. The Labute approximate surface area is 102 Å². The molecule has 17 heavy (non-hydrogen) atoms. The van der Waals surface area contributed by atoms with Gasteiger partial charge in [0, 0.05) is 0 Å². The van der Waals surface area contributed by atoms with Crippen LogP contribution in [0.1, 0.15) is 39.5 Å². The van der Waals surface area contributed by atoms with E-state index in [4.69, 9.17) is 0 Å². The van der Waals surface area contributed by atoms with E-state index in [9.17, 15) is 14.7 Å². The van der Waals surface area contributed by atoms with Gasteiger partial charge in [-0.15, -0.1) is 0 Å². The highest BCUT2D eigenvalue weighted by atomic mass is 16.5. The first-order chi connectivity index (χ1) is 7.91. The van der Waals surface area contributed by atoms with Gasteiger partial charge in [0.25, 0.3) is 0 Å². The van der Waals surface area contributed by atoms with Gasteiger partial charge in [0.1, 0.15) is 11.6 Å². The number of carboxylic acid groups (broad SMARTS) is 1. The molecule has 1 rings (SSSR count). The summed E-state index contributed by atoms with van der Waals surface area (Å²) >= 11 is 0. The van der Waals surface area contributed by atoms with E-state index in [1.165, 1.54) is 7.11 Å². The fourth-order valence-electron chi connectivity index (χ4n) is 2.33. The van der Waals surface area contributed by atoms with Crippen LogP contribution in [0.5, 0.6) is 0 Å². The normalized spacial score (nSPS) is 30.6. The zero-order chi connectivity index (χ0) is 13.1. The van der Waals surface area contributed by atoms with Gasteiger partial charge in [0.2, 0.25) is 0 Å². The number of nitrogens with one attached hydrogen (secondary N) is 1. The number of aliphatic carboxylic acids is 1. The molecule has 0 aliphatic heterocycles. The van der Waals surface area contributed by atoms with Gasteiger partial charge in [-0.25, -0.2) is 0 Å². The van der Waals surface area contributed by atoms with E-state index in [-0.39, 0.29) is 0 Å². The minimum Gasteiger partial charge on any atom is -0.480 e. The van der Waals surface area contributed by atoms with E-state index in [1.807, 2.05) is 0 Å². The van der Waals surface area contributed by atoms with Gasteiger partial charge in [-0.2, -0.15) is 0 Å². The number of carbonyl (C=O) groups excluding carboxylic acids is 1. The first kappa shape index (κ1) is 14.0. The molecule has 0 radical (unpaired) electrons. The second-order valence-electron chi connectivity index (χ2n) is 4.96. The molecule has 0 aromatic rings. The predicted molar refractivity (Wildman–Crippen MR) is 62.6 cm³/mol. The average molecular weight is 243 g/mol. The second kappa shape index (κ2) is 5.49. The van der Waals surface area contributed by atoms with Crippen LogP contribution in [-0.2, 0) is 14.3 Å². The Morgan fingerprint density at radius 1 is 1.41 bits per heavy atom. The van der Waals surface area contributed by atoms with Crippen molar-refractivity contribution in [1.29, 1.82) is 0 Å². The molecule has 5 heteroatoms. The van der Waals surface area contributed by atoms with E-state index < -0.39 is 23.5 Å². The molecule has 0 spiro atoms.